The molecule has 1 heterocycles. The van der Waals surface area contributed by atoms with Crippen LogP contribution in [0, 0.1) is 13.8 Å². The van der Waals surface area contributed by atoms with Crippen molar-refractivity contribution in [1.82, 2.24) is 9.97 Å². The second-order valence-corrected chi connectivity index (χ2v) is 13.0. The van der Waals surface area contributed by atoms with Gasteiger partial charge in [-0.3, -0.25) is 9.10 Å². The fourth-order valence-corrected chi connectivity index (χ4v) is 5.76. The first-order valence-electron chi connectivity index (χ1n) is 11.9. The van der Waals surface area contributed by atoms with Gasteiger partial charge >= 0.3 is 0 Å². The smallest absolute Gasteiger partial charge is 0.264 e. The second kappa shape index (κ2) is 11.6. The van der Waals surface area contributed by atoms with Gasteiger partial charge in [0, 0.05) is 27.7 Å². The molecule has 3 aromatic carbocycles. The van der Waals surface area contributed by atoms with Gasteiger partial charge in [-0.1, -0.05) is 23.7 Å². The maximum absolute atomic E-state index is 12.8. The van der Waals surface area contributed by atoms with Crippen LogP contribution in [-0.4, -0.2) is 39.0 Å². The van der Waals surface area contributed by atoms with E-state index >= 15 is 0 Å². The summed E-state index contributed by atoms with van der Waals surface area (Å²) in [4.78, 5) is 21.0. The lowest BCUT2D eigenvalue weighted by Gasteiger charge is -2.23. The fourth-order valence-electron chi connectivity index (χ4n) is 3.81. The summed E-state index contributed by atoms with van der Waals surface area (Å²) in [5, 5.41) is 3.25. The maximum Gasteiger partial charge on any atom is 0.264 e. The number of nitrogens with zero attached hydrogens (tertiary/aromatic N) is 3. The first-order chi connectivity index (χ1) is 18.8. The number of hydrogen-bond acceptors (Lipinski definition) is 7. The lowest BCUT2D eigenvalue weighted by molar-refractivity contribution is 0.102. The number of aromatic nitrogens is 2. The number of aryl methyl sites for hydroxylation is 2. The number of hydrogen-bond donors (Lipinski definition) is 2. The molecule has 0 atom stereocenters. The largest absolute Gasteiger partial charge is 0.322 e. The highest BCUT2D eigenvalue weighted by atomic mass is 35.5. The molecule has 0 radical (unpaired) electrons. The van der Waals surface area contributed by atoms with Crippen LogP contribution in [0.5, 0.6) is 0 Å². The minimum atomic E-state index is -3.94. The predicted molar refractivity (Wildman–Crippen MR) is 156 cm³/mol. The van der Waals surface area contributed by atoms with Crippen LogP contribution in [0.15, 0.2) is 83.8 Å². The highest BCUT2D eigenvalue weighted by molar-refractivity contribution is 7.92. The molecular weight excluding hydrogens is 574 g/mol. The molecule has 0 saturated carbocycles. The highest BCUT2D eigenvalue weighted by Crippen LogP contribution is 2.23. The summed E-state index contributed by atoms with van der Waals surface area (Å²) in [6, 6.07) is 20.3. The molecule has 0 bridgehead atoms. The van der Waals surface area contributed by atoms with Crippen LogP contribution in [-0.2, 0) is 26.6 Å². The van der Waals surface area contributed by atoms with E-state index in [2.05, 4.69) is 20.0 Å². The summed E-state index contributed by atoms with van der Waals surface area (Å²) < 4.78 is 54.0. The minimum absolute atomic E-state index is 0.0269. The molecule has 0 aliphatic carbocycles. The number of rotatable bonds is 9. The topological polar surface area (TPSA) is 138 Å². The number of carbonyl (C=O) groups is 1. The van der Waals surface area contributed by atoms with Gasteiger partial charge in [-0.05, 0) is 86.1 Å². The number of halogens is 1. The highest BCUT2D eigenvalue weighted by Gasteiger charge is 2.19. The standard InChI is InChI=1S/C27H26ClN5O5S2/c1-18-16-19(2)30-27(29-18)32-40(37,38)25-14-10-23(11-15-25)31-26(34)21-6-12-24(13-7-21)33(39(3,35)36)17-20-4-8-22(28)9-5-20/h4-16H,17H2,1-3H3,(H,31,34)(H,29,30,32). The van der Waals surface area contributed by atoms with E-state index < -0.39 is 26.0 Å². The summed E-state index contributed by atoms with van der Waals surface area (Å²) in [5.74, 6) is -0.478. The van der Waals surface area contributed by atoms with Crippen LogP contribution < -0.4 is 14.3 Å². The van der Waals surface area contributed by atoms with Gasteiger partial charge in [-0.15, -0.1) is 0 Å². The Hall–Kier alpha value is -4.00. The molecule has 208 valence electrons. The number of nitrogens with one attached hydrogen (secondary N) is 2. The average molecular weight is 600 g/mol. The third-order valence-electron chi connectivity index (χ3n) is 5.69. The number of benzene rings is 3. The summed E-state index contributed by atoms with van der Waals surface area (Å²) in [6.45, 7) is 3.57. The Balaban J connectivity index is 1.45. The Labute approximate surface area is 238 Å². The lowest BCUT2D eigenvalue weighted by Crippen LogP contribution is -2.29. The normalized spacial score (nSPS) is 11.6. The molecule has 0 unspecified atom stereocenters. The summed E-state index contributed by atoms with van der Waals surface area (Å²) in [5.41, 5.74) is 3.05. The van der Waals surface area contributed by atoms with Gasteiger partial charge in [0.2, 0.25) is 16.0 Å². The maximum atomic E-state index is 12.8. The van der Waals surface area contributed by atoms with Gasteiger partial charge in [-0.2, -0.15) is 0 Å². The van der Waals surface area contributed by atoms with Crippen molar-refractivity contribution in [3.63, 3.8) is 0 Å². The van der Waals surface area contributed by atoms with Crippen LogP contribution in [0.25, 0.3) is 0 Å². The quantitative estimate of drug-likeness (QED) is 0.283. The molecule has 0 saturated heterocycles. The monoisotopic (exact) mass is 599 g/mol. The van der Waals surface area contributed by atoms with Crippen molar-refractivity contribution in [2.75, 3.05) is 20.6 Å². The molecular formula is C27H26ClN5O5S2. The van der Waals surface area contributed by atoms with E-state index in [1.807, 2.05) is 0 Å². The van der Waals surface area contributed by atoms with Crippen molar-refractivity contribution in [2.45, 2.75) is 25.3 Å². The first kappa shape index (κ1) is 29.0. The zero-order valence-electron chi connectivity index (χ0n) is 21.8. The van der Waals surface area contributed by atoms with Gasteiger partial charge in [-0.25, -0.2) is 31.5 Å². The van der Waals surface area contributed by atoms with Crippen LogP contribution in [0.2, 0.25) is 5.02 Å². The minimum Gasteiger partial charge on any atom is -0.322 e. The molecule has 2 N–H and O–H groups in total. The Morgan fingerprint density at radius 1 is 0.850 bits per heavy atom. The van der Waals surface area contributed by atoms with Crippen molar-refractivity contribution >= 4 is 54.9 Å². The van der Waals surface area contributed by atoms with Crippen molar-refractivity contribution in [3.8, 4) is 0 Å². The van der Waals surface area contributed by atoms with Gasteiger partial charge in [0.1, 0.15) is 0 Å². The van der Waals surface area contributed by atoms with Crippen molar-refractivity contribution in [2.24, 2.45) is 0 Å². The fraction of sp³-hybridized carbons (Fsp3) is 0.148. The van der Waals surface area contributed by atoms with Gasteiger partial charge in [0.25, 0.3) is 15.9 Å². The Bertz CT molecular complexity index is 1720. The lowest BCUT2D eigenvalue weighted by atomic mass is 10.1. The van der Waals surface area contributed by atoms with Gasteiger partial charge in [0.05, 0.1) is 23.4 Å². The van der Waals surface area contributed by atoms with Crippen molar-refractivity contribution in [3.05, 3.63) is 106 Å². The van der Waals surface area contributed by atoms with E-state index in [-0.39, 0.29) is 23.0 Å². The van der Waals surface area contributed by atoms with E-state index in [1.54, 1.807) is 56.3 Å². The molecule has 13 heteroatoms. The van der Waals surface area contributed by atoms with E-state index in [9.17, 15) is 21.6 Å². The van der Waals surface area contributed by atoms with Crippen molar-refractivity contribution < 1.29 is 21.6 Å². The SMILES string of the molecule is Cc1cc(C)nc(NS(=O)(=O)c2ccc(NC(=O)c3ccc(N(Cc4ccc(Cl)cc4)S(C)(=O)=O)cc3)cc2)n1. The van der Waals surface area contributed by atoms with E-state index in [4.69, 9.17) is 11.6 Å². The molecule has 1 amide bonds. The molecule has 4 rings (SSSR count). The Morgan fingerprint density at radius 3 is 1.98 bits per heavy atom. The zero-order chi connectivity index (χ0) is 29.1. The van der Waals surface area contributed by atoms with Gasteiger partial charge in [0.15, 0.2) is 0 Å². The first-order valence-corrected chi connectivity index (χ1v) is 15.6. The summed E-state index contributed by atoms with van der Waals surface area (Å²) in [6.07, 6.45) is 1.11. The summed E-state index contributed by atoms with van der Waals surface area (Å²) in [7, 11) is -7.55. The molecule has 40 heavy (non-hydrogen) atoms. The third kappa shape index (κ3) is 7.34. The van der Waals surface area contributed by atoms with Crippen LogP contribution in [0.4, 0.5) is 17.3 Å². The molecule has 10 nitrogen and oxygen atoms in total. The number of carbonyl (C=O) groups excluding carboxylic acids is 1. The molecule has 0 aliphatic heterocycles. The molecule has 0 aliphatic rings. The van der Waals surface area contributed by atoms with E-state index in [0.717, 1.165) is 11.8 Å². The number of anilines is 3. The Morgan fingerprint density at radius 2 is 1.43 bits per heavy atom. The van der Waals surface area contributed by atoms with Gasteiger partial charge < -0.3 is 5.32 Å². The average Bonchev–Trinajstić information content (AvgIpc) is 2.87. The van der Waals surface area contributed by atoms with Crippen LogP contribution in [0.3, 0.4) is 0 Å². The zero-order valence-corrected chi connectivity index (χ0v) is 24.2. The van der Waals surface area contributed by atoms with E-state index in [1.165, 1.54) is 40.7 Å². The second-order valence-electron chi connectivity index (χ2n) is 9.00. The van der Waals surface area contributed by atoms with Crippen molar-refractivity contribution in [1.29, 1.82) is 0 Å². The Kier molecular flexibility index (Phi) is 8.43. The molecule has 4 aromatic rings. The molecule has 1 aromatic heterocycles. The number of sulfonamides is 2. The predicted octanol–water partition coefficient (Wildman–Crippen LogP) is 4.77. The molecule has 0 spiro atoms. The number of amides is 1. The van der Waals surface area contributed by atoms with Crippen LogP contribution >= 0.6 is 11.6 Å². The molecule has 0 fully saturated rings. The third-order valence-corrected chi connectivity index (χ3v) is 8.42. The van der Waals surface area contributed by atoms with E-state index in [0.29, 0.717) is 27.8 Å². The summed E-state index contributed by atoms with van der Waals surface area (Å²) >= 11 is 5.92. The van der Waals surface area contributed by atoms with Crippen LogP contribution in [0.1, 0.15) is 27.3 Å².